The molecule has 0 aliphatic carbocycles. The van der Waals surface area contributed by atoms with Crippen molar-refractivity contribution in [2.75, 3.05) is 44.2 Å². The van der Waals surface area contributed by atoms with Crippen LogP contribution in [0.15, 0.2) is 18.5 Å². The minimum Gasteiger partial charge on any atom is -0.395 e. The highest BCUT2D eigenvalue weighted by molar-refractivity contribution is 6.00. The second kappa shape index (κ2) is 6.49. The summed E-state index contributed by atoms with van der Waals surface area (Å²) in [6.45, 7) is 4.62. The largest absolute Gasteiger partial charge is 0.395 e. The predicted octanol–water partition coefficient (Wildman–Crippen LogP) is -0.130. The molecular formula is C13H21N5O. The maximum absolute atomic E-state index is 9.00. The number of hydrogen-bond acceptors (Lipinski definition) is 5. The summed E-state index contributed by atoms with van der Waals surface area (Å²) >= 11 is 0. The van der Waals surface area contributed by atoms with Gasteiger partial charge < -0.3 is 15.7 Å². The Kier molecular flexibility index (Phi) is 4.70. The normalized spacial score (nSPS) is 17.2. The number of nitrogen functional groups attached to an aromatic ring is 1. The number of aliphatic hydroxyl groups is 1. The molecule has 1 aliphatic heterocycles. The summed E-state index contributed by atoms with van der Waals surface area (Å²) in [5, 5.41) is 16.6. The fourth-order valence-corrected chi connectivity index (χ4v) is 2.44. The molecule has 1 fully saturated rings. The van der Waals surface area contributed by atoms with Gasteiger partial charge in [-0.25, -0.2) is 0 Å². The van der Waals surface area contributed by atoms with E-state index < -0.39 is 0 Å². The van der Waals surface area contributed by atoms with Gasteiger partial charge in [0.05, 0.1) is 18.5 Å². The molecule has 0 bridgehead atoms. The first-order valence-electron chi connectivity index (χ1n) is 6.59. The summed E-state index contributed by atoms with van der Waals surface area (Å²) in [6.07, 6.45) is 4.47. The maximum atomic E-state index is 9.00. The standard InChI is InChI=1S/C13H21N5O/c14-13(15)11-2-3-16-10-12(11)18-5-1-4-17(6-7-18)8-9-19/h2-3,10,19H,1,4-9H2,(H3,14,15). The Morgan fingerprint density at radius 2 is 2.21 bits per heavy atom. The van der Waals surface area contributed by atoms with Crippen LogP contribution in [0.25, 0.3) is 0 Å². The van der Waals surface area contributed by atoms with Crippen LogP contribution in [-0.4, -0.2) is 60.2 Å². The van der Waals surface area contributed by atoms with E-state index in [2.05, 4.69) is 14.8 Å². The molecule has 6 nitrogen and oxygen atoms in total. The molecule has 1 aliphatic rings. The van der Waals surface area contributed by atoms with E-state index >= 15 is 0 Å². The fraction of sp³-hybridized carbons (Fsp3) is 0.538. The molecule has 104 valence electrons. The zero-order chi connectivity index (χ0) is 13.7. The van der Waals surface area contributed by atoms with Crippen molar-refractivity contribution in [2.45, 2.75) is 6.42 Å². The zero-order valence-electron chi connectivity index (χ0n) is 11.0. The molecule has 0 spiro atoms. The Balaban J connectivity index is 2.12. The van der Waals surface area contributed by atoms with Crippen LogP contribution in [0.3, 0.4) is 0 Å². The van der Waals surface area contributed by atoms with Gasteiger partial charge in [0.1, 0.15) is 5.84 Å². The highest BCUT2D eigenvalue weighted by Crippen LogP contribution is 2.20. The lowest BCUT2D eigenvalue weighted by Gasteiger charge is -2.25. The summed E-state index contributed by atoms with van der Waals surface area (Å²) in [5.41, 5.74) is 7.29. The van der Waals surface area contributed by atoms with Gasteiger partial charge in [-0.3, -0.25) is 15.3 Å². The number of β-amino-alcohol motifs (C(OH)–C–C–N with tert-alkyl or cyclic N) is 1. The molecule has 0 unspecified atom stereocenters. The molecule has 0 saturated carbocycles. The van der Waals surface area contributed by atoms with E-state index in [0.717, 1.165) is 50.4 Å². The number of anilines is 1. The van der Waals surface area contributed by atoms with Crippen molar-refractivity contribution in [2.24, 2.45) is 5.73 Å². The van der Waals surface area contributed by atoms with Gasteiger partial charge in [-0.05, 0) is 19.0 Å². The maximum Gasteiger partial charge on any atom is 0.125 e. The number of nitrogens with two attached hydrogens (primary N) is 1. The SMILES string of the molecule is N=C(N)c1ccncc1N1CCCN(CCO)CC1. The molecule has 1 aromatic rings. The summed E-state index contributed by atoms with van der Waals surface area (Å²) < 4.78 is 0. The van der Waals surface area contributed by atoms with E-state index in [1.807, 2.05) is 0 Å². The zero-order valence-corrected chi connectivity index (χ0v) is 11.0. The first kappa shape index (κ1) is 13.8. The number of nitrogens with zero attached hydrogens (tertiary/aromatic N) is 3. The van der Waals surface area contributed by atoms with Gasteiger partial charge >= 0.3 is 0 Å². The molecule has 0 amide bonds. The van der Waals surface area contributed by atoms with E-state index in [9.17, 15) is 0 Å². The third-order valence-corrected chi connectivity index (χ3v) is 3.44. The van der Waals surface area contributed by atoms with Crippen molar-refractivity contribution in [3.8, 4) is 0 Å². The third-order valence-electron chi connectivity index (χ3n) is 3.44. The van der Waals surface area contributed by atoms with Gasteiger partial charge in [-0.1, -0.05) is 0 Å². The van der Waals surface area contributed by atoms with Crippen molar-refractivity contribution < 1.29 is 5.11 Å². The first-order valence-corrected chi connectivity index (χ1v) is 6.59. The van der Waals surface area contributed by atoms with Gasteiger partial charge in [0.25, 0.3) is 0 Å². The monoisotopic (exact) mass is 263 g/mol. The Morgan fingerprint density at radius 3 is 2.95 bits per heavy atom. The van der Waals surface area contributed by atoms with Gasteiger partial charge in [-0.15, -0.1) is 0 Å². The van der Waals surface area contributed by atoms with Crippen molar-refractivity contribution in [1.29, 1.82) is 5.41 Å². The molecule has 4 N–H and O–H groups in total. The van der Waals surface area contributed by atoms with Gasteiger partial charge in [0.2, 0.25) is 0 Å². The lowest BCUT2D eigenvalue weighted by molar-refractivity contribution is 0.204. The van der Waals surface area contributed by atoms with Crippen molar-refractivity contribution in [3.63, 3.8) is 0 Å². The van der Waals surface area contributed by atoms with E-state index in [0.29, 0.717) is 0 Å². The molecule has 0 aromatic carbocycles. The highest BCUT2D eigenvalue weighted by Gasteiger charge is 2.17. The quantitative estimate of drug-likeness (QED) is 0.520. The molecule has 1 aromatic heterocycles. The number of pyridine rings is 1. The van der Waals surface area contributed by atoms with Gasteiger partial charge in [-0.2, -0.15) is 0 Å². The highest BCUT2D eigenvalue weighted by atomic mass is 16.3. The molecular weight excluding hydrogens is 242 g/mol. The fourth-order valence-electron chi connectivity index (χ4n) is 2.44. The number of aromatic nitrogens is 1. The average molecular weight is 263 g/mol. The molecule has 2 rings (SSSR count). The topological polar surface area (TPSA) is 89.5 Å². The van der Waals surface area contributed by atoms with Crippen LogP contribution < -0.4 is 10.6 Å². The van der Waals surface area contributed by atoms with Crippen LogP contribution in [0.2, 0.25) is 0 Å². The summed E-state index contributed by atoms with van der Waals surface area (Å²) in [7, 11) is 0. The number of nitrogens with one attached hydrogen (secondary N) is 1. The van der Waals surface area contributed by atoms with Crippen LogP contribution in [0.1, 0.15) is 12.0 Å². The average Bonchev–Trinajstić information content (AvgIpc) is 2.65. The number of rotatable bonds is 4. The van der Waals surface area contributed by atoms with E-state index in [1.165, 1.54) is 0 Å². The van der Waals surface area contributed by atoms with Gasteiger partial charge in [0.15, 0.2) is 0 Å². The Labute approximate surface area is 113 Å². The predicted molar refractivity (Wildman–Crippen MR) is 75.6 cm³/mol. The van der Waals surface area contributed by atoms with Crippen molar-refractivity contribution >= 4 is 11.5 Å². The van der Waals surface area contributed by atoms with Crippen LogP contribution in [-0.2, 0) is 0 Å². The second-order valence-corrected chi connectivity index (χ2v) is 4.71. The number of amidine groups is 1. The van der Waals surface area contributed by atoms with E-state index in [-0.39, 0.29) is 12.4 Å². The van der Waals surface area contributed by atoms with Crippen LogP contribution in [0.4, 0.5) is 5.69 Å². The Morgan fingerprint density at radius 1 is 1.37 bits per heavy atom. The van der Waals surface area contributed by atoms with Crippen LogP contribution in [0, 0.1) is 5.41 Å². The Hall–Kier alpha value is -1.66. The molecule has 0 radical (unpaired) electrons. The summed E-state index contributed by atoms with van der Waals surface area (Å²) in [6, 6.07) is 1.79. The summed E-state index contributed by atoms with van der Waals surface area (Å²) in [5.74, 6) is 0.0776. The van der Waals surface area contributed by atoms with E-state index in [1.54, 1.807) is 18.5 Å². The van der Waals surface area contributed by atoms with E-state index in [4.69, 9.17) is 16.2 Å². The third kappa shape index (κ3) is 3.42. The lowest BCUT2D eigenvalue weighted by atomic mass is 10.2. The summed E-state index contributed by atoms with van der Waals surface area (Å²) in [4.78, 5) is 8.62. The lowest BCUT2D eigenvalue weighted by Crippen LogP contribution is -2.33. The van der Waals surface area contributed by atoms with Crippen LogP contribution >= 0.6 is 0 Å². The molecule has 2 heterocycles. The minimum atomic E-state index is 0.0776. The number of aliphatic hydroxyl groups excluding tert-OH is 1. The molecule has 19 heavy (non-hydrogen) atoms. The van der Waals surface area contributed by atoms with Crippen molar-refractivity contribution in [1.82, 2.24) is 9.88 Å². The molecule has 0 atom stereocenters. The van der Waals surface area contributed by atoms with Crippen molar-refractivity contribution in [3.05, 3.63) is 24.0 Å². The Bertz CT molecular complexity index is 437. The van der Waals surface area contributed by atoms with Crippen LogP contribution in [0.5, 0.6) is 0 Å². The minimum absolute atomic E-state index is 0.0776. The molecule has 1 saturated heterocycles. The second-order valence-electron chi connectivity index (χ2n) is 4.71. The smallest absolute Gasteiger partial charge is 0.125 e. The molecule has 6 heteroatoms. The van der Waals surface area contributed by atoms with Gasteiger partial charge in [0, 0.05) is 37.9 Å². The number of hydrogen-bond donors (Lipinski definition) is 3. The first-order chi connectivity index (χ1) is 9.22.